The van der Waals surface area contributed by atoms with Crippen LogP contribution in [0.1, 0.15) is 58.4 Å². The Morgan fingerprint density at radius 1 is 1.09 bits per heavy atom. The van der Waals surface area contributed by atoms with Crippen molar-refractivity contribution in [2.75, 3.05) is 5.01 Å². The van der Waals surface area contributed by atoms with Gasteiger partial charge in [0.2, 0.25) is 0 Å². The fourth-order valence-electron chi connectivity index (χ4n) is 4.02. The Balaban J connectivity index is 1.68. The molecule has 168 valence electrons. The zero-order valence-electron chi connectivity index (χ0n) is 17.1. The fraction of sp³-hybridized carbons (Fsp3) is 0.318. The number of aromatic nitrogens is 2. The van der Waals surface area contributed by atoms with Gasteiger partial charge in [0, 0.05) is 6.04 Å². The van der Waals surface area contributed by atoms with E-state index in [4.69, 9.17) is 5.84 Å². The van der Waals surface area contributed by atoms with Crippen LogP contribution < -0.4 is 16.2 Å². The quantitative estimate of drug-likeness (QED) is 0.319. The van der Waals surface area contributed by atoms with Crippen molar-refractivity contribution in [2.45, 2.75) is 44.3 Å². The molecule has 0 radical (unpaired) electrons. The summed E-state index contributed by atoms with van der Waals surface area (Å²) in [6, 6.07) is 7.30. The van der Waals surface area contributed by atoms with Crippen LogP contribution in [0.2, 0.25) is 0 Å². The first-order valence-corrected chi connectivity index (χ1v) is 10.3. The van der Waals surface area contributed by atoms with Gasteiger partial charge in [-0.2, -0.15) is 13.2 Å². The lowest BCUT2D eigenvalue weighted by atomic mass is 9.95. The minimum Gasteiger partial charge on any atom is -0.349 e. The molecule has 2 aromatic carbocycles. The van der Waals surface area contributed by atoms with E-state index >= 15 is 0 Å². The van der Waals surface area contributed by atoms with E-state index in [0.717, 1.165) is 44.2 Å². The molecule has 0 saturated heterocycles. The Kier molecular flexibility index (Phi) is 5.88. The van der Waals surface area contributed by atoms with E-state index in [0.29, 0.717) is 16.0 Å². The average molecular weight is 445 g/mol. The number of carbonyl (C=O) groups excluding carboxylic acids is 2. The number of hydrogen-bond donors (Lipinski definition) is 3. The van der Waals surface area contributed by atoms with Crippen molar-refractivity contribution in [3.05, 3.63) is 59.4 Å². The maximum atomic E-state index is 13.4. The predicted molar refractivity (Wildman–Crippen MR) is 113 cm³/mol. The van der Waals surface area contributed by atoms with Crippen molar-refractivity contribution in [1.82, 2.24) is 15.3 Å². The molecule has 1 fully saturated rings. The van der Waals surface area contributed by atoms with Crippen LogP contribution in [-0.4, -0.2) is 27.8 Å². The van der Waals surface area contributed by atoms with E-state index in [2.05, 4.69) is 15.3 Å². The first-order chi connectivity index (χ1) is 15.3. The van der Waals surface area contributed by atoms with E-state index in [-0.39, 0.29) is 23.2 Å². The van der Waals surface area contributed by atoms with Crippen molar-refractivity contribution >= 4 is 28.5 Å². The van der Waals surface area contributed by atoms with Crippen LogP contribution in [0.25, 0.3) is 11.0 Å². The second-order valence-electron chi connectivity index (χ2n) is 7.82. The van der Waals surface area contributed by atoms with E-state index < -0.39 is 23.2 Å². The van der Waals surface area contributed by atoms with Crippen LogP contribution in [0, 0.1) is 0 Å². The van der Waals surface area contributed by atoms with E-state index in [1.807, 2.05) is 0 Å². The Labute approximate surface area is 181 Å². The van der Waals surface area contributed by atoms with Crippen molar-refractivity contribution in [3.63, 3.8) is 0 Å². The number of carbonyl (C=O) groups is 2. The van der Waals surface area contributed by atoms with Crippen LogP contribution in [0.3, 0.4) is 0 Å². The molecule has 0 spiro atoms. The second kappa shape index (κ2) is 8.62. The number of halogens is 3. The SMILES string of the molecule is NN(C(=O)c1ccccc1C(F)(F)F)c1cc(C(=O)NC2CCCCC2)c2nc[nH]c2c1. The molecule has 2 amide bonds. The lowest BCUT2D eigenvalue weighted by Gasteiger charge is -2.23. The maximum Gasteiger partial charge on any atom is 0.417 e. The summed E-state index contributed by atoms with van der Waals surface area (Å²) < 4.78 is 40.1. The summed E-state index contributed by atoms with van der Waals surface area (Å²) >= 11 is 0. The number of rotatable bonds is 4. The monoisotopic (exact) mass is 445 g/mol. The molecule has 4 rings (SSSR count). The third-order valence-electron chi connectivity index (χ3n) is 5.65. The summed E-state index contributed by atoms with van der Waals surface area (Å²) in [4.78, 5) is 32.9. The van der Waals surface area contributed by atoms with Gasteiger partial charge in [0.1, 0.15) is 5.52 Å². The Morgan fingerprint density at radius 2 is 1.81 bits per heavy atom. The normalized spacial score (nSPS) is 15.0. The van der Waals surface area contributed by atoms with Crippen LogP contribution in [-0.2, 0) is 6.18 Å². The number of benzene rings is 2. The van der Waals surface area contributed by atoms with Gasteiger partial charge in [-0.25, -0.2) is 15.8 Å². The summed E-state index contributed by atoms with van der Waals surface area (Å²) in [6.45, 7) is 0. The first kappa shape index (κ1) is 21.8. The van der Waals surface area contributed by atoms with Crippen LogP contribution >= 0.6 is 0 Å². The molecule has 3 aromatic rings. The topological polar surface area (TPSA) is 104 Å². The van der Waals surface area contributed by atoms with Crippen LogP contribution in [0.15, 0.2) is 42.7 Å². The molecule has 1 heterocycles. The predicted octanol–water partition coefficient (Wildman–Crippen LogP) is 4.16. The lowest BCUT2D eigenvalue weighted by molar-refractivity contribution is -0.137. The molecule has 1 aromatic heterocycles. The van der Waals surface area contributed by atoms with Gasteiger partial charge in [0.25, 0.3) is 11.8 Å². The van der Waals surface area contributed by atoms with Gasteiger partial charge in [-0.15, -0.1) is 0 Å². The zero-order chi connectivity index (χ0) is 22.9. The summed E-state index contributed by atoms with van der Waals surface area (Å²) in [5, 5.41) is 3.60. The summed E-state index contributed by atoms with van der Waals surface area (Å²) in [6.07, 6.45) is 1.64. The highest BCUT2D eigenvalue weighted by molar-refractivity contribution is 6.10. The number of nitrogens with one attached hydrogen (secondary N) is 2. The van der Waals surface area contributed by atoms with E-state index in [1.54, 1.807) is 0 Å². The van der Waals surface area contributed by atoms with Gasteiger partial charge in [-0.1, -0.05) is 31.4 Å². The molecule has 0 bridgehead atoms. The molecule has 0 aliphatic heterocycles. The number of aromatic amines is 1. The number of nitrogens with two attached hydrogens (primary N) is 1. The highest BCUT2D eigenvalue weighted by Crippen LogP contribution is 2.33. The minimum atomic E-state index is -4.72. The van der Waals surface area contributed by atoms with Crippen molar-refractivity contribution in [1.29, 1.82) is 0 Å². The molecule has 4 N–H and O–H groups in total. The van der Waals surface area contributed by atoms with Crippen molar-refractivity contribution in [3.8, 4) is 0 Å². The largest absolute Gasteiger partial charge is 0.417 e. The molecular weight excluding hydrogens is 423 g/mol. The number of nitrogens with zero attached hydrogens (tertiary/aromatic N) is 2. The van der Waals surface area contributed by atoms with Crippen LogP contribution in [0.4, 0.5) is 18.9 Å². The number of hydrogen-bond acceptors (Lipinski definition) is 4. The maximum absolute atomic E-state index is 13.4. The molecule has 1 saturated carbocycles. The Hall–Kier alpha value is -3.40. The van der Waals surface area contributed by atoms with Gasteiger partial charge in [0.15, 0.2) is 0 Å². The fourth-order valence-corrected chi connectivity index (χ4v) is 4.02. The molecule has 10 heteroatoms. The number of imidazole rings is 1. The van der Waals surface area contributed by atoms with Gasteiger partial charge in [-0.3, -0.25) is 9.59 Å². The number of alkyl halides is 3. The standard InChI is InChI=1S/C22H22F3N5O2/c23-22(24,25)17-9-5-4-8-15(17)21(32)30(26)14-10-16(19-18(11-14)27-12-28-19)20(31)29-13-6-2-1-3-7-13/h4-5,8-13H,1-3,6-7,26H2,(H,27,28)(H,29,31). The van der Waals surface area contributed by atoms with Gasteiger partial charge >= 0.3 is 6.18 Å². The van der Waals surface area contributed by atoms with E-state index in [9.17, 15) is 22.8 Å². The second-order valence-corrected chi connectivity index (χ2v) is 7.82. The Bertz CT molecular complexity index is 1150. The minimum absolute atomic E-state index is 0.0446. The molecule has 1 aliphatic rings. The number of hydrazine groups is 1. The highest BCUT2D eigenvalue weighted by Gasteiger charge is 2.36. The molecule has 1 aliphatic carbocycles. The number of anilines is 1. The highest BCUT2D eigenvalue weighted by atomic mass is 19.4. The van der Waals surface area contributed by atoms with Crippen molar-refractivity contribution in [2.24, 2.45) is 5.84 Å². The van der Waals surface area contributed by atoms with Crippen molar-refractivity contribution < 1.29 is 22.8 Å². The Morgan fingerprint density at radius 3 is 2.53 bits per heavy atom. The zero-order valence-corrected chi connectivity index (χ0v) is 17.1. The molecule has 32 heavy (non-hydrogen) atoms. The number of fused-ring (bicyclic) bond motifs is 1. The molecule has 7 nitrogen and oxygen atoms in total. The lowest BCUT2D eigenvalue weighted by Crippen LogP contribution is -2.39. The molecular formula is C22H22F3N5O2. The third-order valence-corrected chi connectivity index (χ3v) is 5.65. The number of H-pyrrole nitrogens is 1. The average Bonchev–Trinajstić information content (AvgIpc) is 3.26. The van der Waals surface area contributed by atoms with E-state index in [1.165, 1.54) is 30.6 Å². The first-order valence-electron chi connectivity index (χ1n) is 10.3. The summed E-state index contributed by atoms with van der Waals surface area (Å²) in [5.41, 5.74) is -0.588. The summed E-state index contributed by atoms with van der Waals surface area (Å²) in [7, 11) is 0. The van der Waals surface area contributed by atoms with Gasteiger partial charge < -0.3 is 10.3 Å². The molecule has 0 unspecified atom stereocenters. The van der Waals surface area contributed by atoms with Gasteiger partial charge in [0.05, 0.1) is 34.2 Å². The van der Waals surface area contributed by atoms with Crippen LogP contribution in [0.5, 0.6) is 0 Å². The van der Waals surface area contributed by atoms with Gasteiger partial charge in [-0.05, 0) is 37.1 Å². The number of amides is 2. The summed E-state index contributed by atoms with van der Waals surface area (Å²) in [5.74, 6) is 4.53. The third kappa shape index (κ3) is 4.31. The smallest absolute Gasteiger partial charge is 0.349 e. The molecule has 0 atom stereocenters.